The fraction of sp³-hybridized carbons (Fsp3) is 0.300. The molecule has 0 unspecified atom stereocenters. The zero-order valence-corrected chi connectivity index (χ0v) is 14.7. The smallest absolute Gasteiger partial charge is 0.314 e. The molecule has 0 aliphatic carbocycles. The van der Waals surface area contributed by atoms with E-state index in [0.717, 1.165) is 10.5 Å². The van der Waals surface area contributed by atoms with E-state index in [4.69, 9.17) is 0 Å². The minimum absolute atomic E-state index is 0.0703. The Morgan fingerprint density at radius 1 is 0.960 bits per heavy atom. The Morgan fingerprint density at radius 2 is 1.52 bits per heavy atom. The molecule has 0 aromatic heterocycles. The zero-order chi connectivity index (χ0) is 17.7. The van der Waals surface area contributed by atoms with E-state index >= 15 is 0 Å². The average Bonchev–Trinajstić information content (AvgIpc) is 2.67. The van der Waals surface area contributed by atoms with E-state index in [9.17, 15) is 14.7 Å². The number of amides is 1. The molecule has 130 valence electrons. The zero-order valence-electron chi connectivity index (χ0n) is 13.9. The van der Waals surface area contributed by atoms with Gasteiger partial charge < -0.3 is 10.0 Å². The van der Waals surface area contributed by atoms with Crippen molar-refractivity contribution in [3.05, 3.63) is 66.2 Å². The topological polar surface area (TPSA) is 57.6 Å². The van der Waals surface area contributed by atoms with Crippen LogP contribution < -0.4 is 0 Å². The molecule has 5 heteroatoms. The number of carboxylic acids is 1. The predicted octanol–water partition coefficient (Wildman–Crippen LogP) is 3.42. The number of carboxylic acid groups (broad SMARTS) is 1. The van der Waals surface area contributed by atoms with Gasteiger partial charge in [0.15, 0.2) is 0 Å². The molecule has 4 nitrogen and oxygen atoms in total. The number of hydrogen-bond donors (Lipinski definition) is 1. The van der Waals surface area contributed by atoms with Crippen LogP contribution in [-0.4, -0.2) is 40.7 Å². The normalized spacial score (nSPS) is 16.4. The molecule has 0 radical (unpaired) electrons. The summed E-state index contributed by atoms with van der Waals surface area (Å²) in [5, 5.41) is 9.81. The summed E-state index contributed by atoms with van der Waals surface area (Å²) in [7, 11) is 0. The summed E-state index contributed by atoms with van der Waals surface area (Å²) >= 11 is 1.52. The number of rotatable bonds is 5. The Kier molecular flexibility index (Phi) is 5.43. The van der Waals surface area contributed by atoms with Gasteiger partial charge in [0.2, 0.25) is 5.91 Å². The van der Waals surface area contributed by atoms with Crippen molar-refractivity contribution in [2.45, 2.75) is 23.2 Å². The van der Waals surface area contributed by atoms with Crippen molar-refractivity contribution < 1.29 is 14.7 Å². The third-order valence-electron chi connectivity index (χ3n) is 4.81. The molecular formula is C20H21NO3S. The minimum atomic E-state index is -0.884. The molecule has 3 rings (SSSR count). The Morgan fingerprint density at radius 3 is 2.08 bits per heavy atom. The van der Waals surface area contributed by atoms with E-state index < -0.39 is 11.4 Å². The van der Waals surface area contributed by atoms with Gasteiger partial charge in [-0.25, -0.2) is 0 Å². The summed E-state index contributed by atoms with van der Waals surface area (Å²) in [4.78, 5) is 27.3. The molecule has 0 atom stereocenters. The van der Waals surface area contributed by atoms with Gasteiger partial charge in [-0.2, -0.15) is 0 Å². The first-order chi connectivity index (χ1) is 12.1. The Balaban J connectivity index is 1.62. The van der Waals surface area contributed by atoms with Crippen molar-refractivity contribution in [2.75, 3.05) is 18.8 Å². The standard InChI is InChI=1S/C20H21NO3S/c22-18(15-25-17-9-5-2-6-10-17)21-13-11-20(12-14-21,19(23)24)16-7-3-1-4-8-16/h1-10H,11-15H2,(H,23,24). The second-order valence-electron chi connectivity index (χ2n) is 6.24. The first-order valence-electron chi connectivity index (χ1n) is 8.36. The highest BCUT2D eigenvalue weighted by Crippen LogP contribution is 2.36. The lowest BCUT2D eigenvalue weighted by Crippen LogP contribution is -2.49. The molecule has 1 fully saturated rings. The van der Waals surface area contributed by atoms with Crippen molar-refractivity contribution in [2.24, 2.45) is 0 Å². The highest BCUT2D eigenvalue weighted by molar-refractivity contribution is 8.00. The fourth-order valence-electron chi connectivity index (χ4n) is 3.27. The molecule has 1 amide bonds. The van der Waals surface area contributed by atoms with Gasteiger partial charge in [0.1, 0.15) is 0 Å². The van der Waals surface area contributed by atoms with E-state index in [1.54, 1.807) is 4.90 Å². The van der Waals surface area contributed by atoms with Gasteiger partial charge in [-0.3, -0.25) is 9.59 Å². The second kappa shape index (κ2) is 7.74. The number of piperidine rings is 1. The second-order valence-corrected chi connectivity index (χ2v) is 7.28. The molecule has 1 heterocycles. The van der Waals surface area contributed by atoms with Gasteiger partial charge in [-0.05, 0) is 30.5 Å². The summed E-state index contributed by atoms with van der Waals surface area (Å²) < 4.78 is 0. The Labute approximate surface area is 151 Å². The monoisotopic (exact) mass is 355 g/mol. The van der Waals surface area contributed by atoms with Crippen LogP contribution in [-0.2, 0) is 15.0 Å². The number of thioether (sulfide) groups is 1. The van der Waals surface area contributed by atoms with E-state index in [1.165, 1.54) is 11.8 Å². The lowest BCUT2D eigenvalue weighted by Gasteiger charge is -2.39. The largest absolute Gasteiger partial charge is 0.481 e. The lowest BCUT2D eigenvalue weighted by molar-refractivity contribution is -0.147. The van der Waals surface area contributed by atoms with Crippen LogP contribution in [0.1, 0.15) is 18.4 Å². The van der Waals surface area contributed by atoms with Crippen LogP contribution in [0, 0.1) is 0 Å². The van der Waals surface area contributed by atoms with Crippen LogP contribution >= 0.6 is 11.8 Å². The molecule has 1 saturated heterocycles. The molecule has 1 N–H and O–H groups in total. The van der Waals surface area contributed by atoms with Gasteiger partial charge in [-0.15, -0.1) is 11.8 Å². The first kappa shape index (κ1) is 17.5. The van der Waals surface area contributed by atoms with Crippen LogP contribution in [0.3, 0.4) is 0 Å². The van der Waals surface area contributed by atoms with Crippen molar-refractivity contribution in [3.63, 3.8) is 0 Å². The quantitative estimate of drug-likeness (QED) is 0.835. The van der Waals surface area contributed by atoms with Gasteiger partial charge >= 0.3 is 5.97 Å². The summed E-state index contributed by atoms with van der Waals surface area (Å²) in [6, 6.07) is 19.2. The molecule has 1 aliphatic rings. The third-order valence-corrected chi connectivity index (χ3v) is 5.81. The van der Waals surface area contributed by atoms with Crippen molar-refractivity contribution in [1.82, 2.24) is 4.90 Å². The molecular weight excluding hydrogens is 334 g/mol. The summed E-state index contributed by atoms with van der Waals surface area (Å²) in [6.07, 6.45) is 0.905. The molecule has 0 saturated carbocycles. The van der Waals surface area contributed by atoms with E-state index in [1.807, 2.05) is 60.7 Å². The third kappa shape index (κ3) is 3.87. The molecule has 2 aromatic rings. The maximum atomic E-state index is 12.4. The SMILES string of the molecule is O=C(CSc1ccccc1)N1CCC(C(=O)O)(c2ccccc2)CC1. The molecule has 1 aliphatic heterocycles. The van der Waals surface area contributed by atoms with E-state index in [0.29, 0.717) is 31.7 Å². The highest BCUT2D eigenvalue weighted by Gasteiger charge is 2.43. The van der Waals surface area contributed by atoms with Gasteiger partial charge in [-0.1, -0.05) is 48.5 Å². The van der Waals surface area contributed by atoms with E-state index in [2.05, 4.69) is 0 Å². The van der Waals surface area contributed by atoms with Gasteiger partial charge in [0.25, 0.3) is 0 Å². The van der Waals surface area contributed by atoms with Crippen LogP contribution in [0.25, 0.3) is 0 Å². The van der Waals surface area contributed by atoms with E-state index in [-0.39, 0.29) is 5.91 Å². The van der Waals surface area contributed by atoms with Crippen molar-refractivity contribution >= 4 is 23.6 Å². The number of carbonyl (C=O) groups excluding carboxylic acids is 1. The van der Waals surface area contributed by atoms with Crippen LogP contribution in [0.5, 0.6) is 0 Å². The van der Waals surface area contributed by atoms with Gasteiger partial charge in [0, 0.05) is 18.0 Å². The van der Waals surface area contributed by atoms with Crippen LogP contribution in [0.15, 0.2) is 65.6 Å². The number of nitrogens with zero attached hydrogens (tertiary/aromatic N) is 1. The average molecular weight is 355 g/mol. The Bertz CT molecular complexity index is 725. The number of hydrogen-bond acceptors (Lipinski definition) is 3. The van der Waals surface area contributed by atoms with Crippen LogP contribution in [0.2, 0.25) is 0 Å². The number of aliphatic carboxylic acids is 1. The molecule has 0 spiro atoms. The maximum absolute atomic E-state index is 12.4. The highest BCUT2D eigenvalue weighted by atomic mass is 32.2. The summed E-state index contributed by atoms with van der Waals surface area (Å²) in [6.45, 7) is 0.963. The lowest BCUT2D eigenvalue weighted by atomic mass is 9.73. The fourth-order valence-corrected chi connectivity index (χ4v) is 4.10. The Hall–Kier alpha value is -2.27. The van der Waals surface area contributed by atoms with Crippen molar-refractivity contribution in [3.8, 4) is 0 Å². The summed E-state index contributed by atoms with van der Waals surface area (Å²) in [5.41, 5.74) is -0.0572. The predicted molar refractivity (Wildman–Crippen MR) is 98.7 cm³/mol. The molecule has 25 heavy (non-hydrogen) atoms. The number of carbonyl (C=O) groups is 2. The van der Waals surface area contributed by atoms with Crippen LogP contribution in [0.4, 0.5) is 0 Å². The maximum Gasteiger partial charge on any atom is 0.314 e. The molecule has 2 aromatic carbocycles. The number of benzene rings is 2. The summed E-state index contributed by atoms with van der Waals surface area (Å²) in [5.74, 6) is -0.347. The van der Waals surface area contributed by atoms with Crippen molar-refractivity contribution in [1.29, 1.82) is 0 Å². The number of likely N-dealkylation sites (tertiary alicyclic amines) is 1. The minimum Gasteiger partial charge on any atom is -0.481 e. The van der Waals surface area contributed by atoms with Gasteiger partial charge in [0.05, 0.1) is 11.2 Å². The first-order valence-corrected chi connectivity index (χ1v) is 9.35. The molecule has 0 bridgehead atoms.